The van der Waals surface area contributed by atoms with Gasteiger partial charge in [-0.15, -0.1) is 5.11 Å². The average molecular weight is 368 g/mol. The van der Waals surface area contributed by atoms with Gasteiger partial charge in [-0.1, -0.05) is 25.1 Å². The van der Waals surface area contributed by atoms with E-state index in [4.69, 9.17) is 15.5 Å². The van der Waals surface area contributed by atoms with Gasteiger partial charge in [0.15, 0.2) is 5.84 Å². The van der Waals surface area contributed by atoms with Crippen LogP contribution in [0.2, 0.25) is 0 Å². The van der Waals surface area contributed by atoms with Crippen LogP contribution in [-0.4, -0.2) is 42.1 Å². The lowest BCUT2D eigenvalue weighted by atomic mass is 9.99. The molecule has 27 heavy (non-hydrogen) atoms. The maximum Gasteiger partial charge on any atom is 0.175 e. The molecule has 0 saturated carbocycles. The van der Waals surface area contributed by atoms with Crippen LogP contribution in [0.25, 0.3) is 0 Å². The zero-order valence-corrected chi connectivity index (χ0v) is 16.3. The molecule has 7 nitrogen and oxygen atoms in total. The zero-order chi connectivity index (χ0) is 19.4. The minimum Gasteiger partial charge on any atom is -0.368 e. The lowest BCUT2D eigenvalue weighted by molar-refractivity contribution is 0.241. The van der Waals surface area contributed by atoms with Gasteiger partial charge in [-0.05, 0) is 37.0 Å². The second kappa shape index (κ2) is 8.43. The van der Waals surface area contributed by atoms with E-state index in [0.29, 0.717) is 5.92 Å². The predicted molar refractivity (Wildman–Crippen MR) is 106 cm³/mol. The molecule has 7 heteroatoms. The van der Waals surface area contributed by atoms with Crippen LogP contribution in [-0.2, 0) is 13.0 Å². The van der Waals surface area contributed by atoms with Gasteiger partial charge in [0.05, 0.1) is 5.69 Å². The normalized spacial score (nSPS) is 15.3. The molecule has 1 fully saturated rings. The first kappa shape index (κ1) is 19.2. The first-order valence-electron chi connectivity index (χ1n) is 9.45. The first-order valence-corrected chi connectivity index (χ1v) is 9.45. The Labute approximate surface area is 160 Å². The molecule has 1 aromatic heterocycles. The fourth-order valence-electron chi connectivity index (χ4n) is 3.57. The molecule has 1 aliphatic heterocycles. The van der Waals surface area contributed by atoms with Crippen molar-refractivity contribution in [1.29, 1.82) is 10.9 Å². The Kier molecular flexibility index (Phi) is 6.01. The monoisotopic (exact) mass is 368 g/mol. The fraction of sp³-hybridized carbons (Fsp3) is 0.500. The lowest BCUT2D eigenvalue weighted by Crippen LogP contribution is -2.46. The van der Waals surface area contributed by atoms with Gasteiger partial charge in [0.2, 0.25) is 0 Å². The summed E-state index contributed by atoms with van der Waals surface area (Å²) in [6.45, 7) is 10.7. The van der Waals surface area contributed by atoms with Gasteiger partial charge < -0.3 is 9.42 Å². The molecule has 1 aliphatic rings. The Morgan fingerprint density at radius 3 is 2.56 bits per heavy atom. The van der Waals surface area contributed by atoms with E-state index < -0.39 is 0 Å². The molecule has 0 bridgehead atoms. The molecule has 0 unspecified atom stereocenters. The van der Waals surface area contributed by atoms with E-state index in [0.717, 1.165) is 61.8 Å². The summed E-state index contributed by atoms with van der Waals surface area (Å²) in [5.74, 6) is 1.43. The molecule has 0 spiro atoms. The third-order valence-corrected chi connectivity index (χ3v) is 4.85. The smallest absolute Gasteiger partial charge is 0.175 e. The van der Waals surface area contributed by atoms with Crippen molar-refractivity contribution in [2.24, 2.45) is 11.0 Å². The van der Waals surface area contributed by atoms with Crippen molar-refractivity contribution in [3.8, 4) is 0 Å². The number of aromatic nitrogens is 1. The van der Waals surface area contributed by atoms with Crippen LogP contribution in [0.1, 0.15) is 36.4 Å². The third kappa shape index (κ3) is 4.80. The summed E-state index contributed by atoms with van der Waals surface area (Å²) in [4.78, 5) is 4.68. The molecule has 1 aromatic carbocycles. The summed E-state index contributed by atoms with van der Waals surface area (Å²) in [7, 11) is 0. The van der Waals surface area contributed by atoms with E-state index in [2.05, 4.69) is 46.1 Å². The zero-order valence-electron chi connectivity index (χ0n) is 16.3. The molecule has 0 atom stereocenters. The first-order chi connectivity index (χ1) is 13.0. The van der Waals surface area contributed by atoms with Gasteiger partial charge in [0.1, 0.15) is 5.76 Å². The highest BCUT2D eigenvalue weighted by molar-refractivity contribution is 6.01. The highest BCUT2D eigenvalue weighted by atomic mass is 16.5. The Bertz CT molecular complexity index is 805. The fourth-order valence-corrected chi connectivity index (χ4v) is 3.57. The van der Waals surface area contributed by atoms with Crippen molar-refractivity contribution in [1.82, 2.24) is 10.1 Å². The quantitative estimate of drug-likeness (QED) is 0.460. The van der Waals surface area contributed by atoms with Gasteiger partial charge in [-0.3, -0.25) is 10.3 Å². The Balaban J connectivity index is 1.73. The van der Waals surface area contributed by atoms with E-state index in [9.17, 15) is 0 Å². The number of nitrogens with one attached hydrogen (secondary N) is 2. The van der Waals surface area contributed by atoms with Gasteiger partial charge in [-0.2, -0.15) is 0 Å². The largest absolute Gasteiger partial charge is 0.368 e. The van der Waals surface area contributed by atoms with E-state index in [-0.39, 0.29) is 5.84 Å². The van der Waals surface area contributed by atoms with Crippen molar-refractivity contribution in [2.75, 3.05) is 31.1 Å². The predicted octanol–water partition coefficient (Wildman–Crippen LogP) is 3.86. The van der Waals surface area contributed by atoms with Crippen LogP contribution in [0.15, 0.2) is 33.9 Å². The van der Waals surface area contributed by atoms with Gasteiger partial charge >= 0.3 is 0 Å². The lowest BCUT2D eigenvalue weighted by Gasteiger charge is -2.36. The molecule has 0 radical (unpaired) electrons. The summed E-state index contributed by atoms with van der Waals surface area (Å²) in [5.41, 5.74) is 11.2. The standard InChI is InChI=1S/C20H28N6O/c1-14(2)10-16-4-5-18(20(21)23-22)19(12-16)26-8-6-25(7-9-26)13-17-11-15(3)27-24-17/h4-5,11-12,14,21-22H,6-10,13H2,1-3H3. The molecular formula is C20H28N6O. The average Bonchev–Trinajstić information content (AvgIpc) is 3.06. The molecule has 2 heterocycles. The summed E-state index contributed by atoms with van der Waals surface area (Å²) in [5, 5.41) is 15.5. The number of nitrogens with zero attached hydrogens (tertiary/aromatic N) is 4. The number of rotatable bonds is 6. The summed E-state index contributed by atoms with van der Waals surface area (Å²) in [6, 6.07) is 8.16. The van der Waals surface area contributed by atoms with Crippen molar-refractivity contribution >= 4 is 11.5 Å². The van der Waals surface area contributed by atoms with Gasteiger partial charge in [0, 0.05) is 50.0 Å². The Morgan fingerprint density at radius 2 is 1.96 bits per heavy atom. The van der Waals surface area contributed by atoms with Crippen LogP contribution < -0.4 is 4.90 Å². The van der Waals surface area contributed by atoms with Gasteiger partial charge in [-0.25, -0.2) is 5.53 Å². The Morgan fingerprint density at radius 1 is 1.22 bits per heavy atom. The number of piperazine rings is 1. The number of amidine groups is 1. The molecular weight excluding hydrogens is 340 g/mol. The molecule has 144 valence electrons. The van der Waals surface area contributed by atoms with Crippen molar-refractivity contribution in [3.63, 3.8) is 0 Å². The van der Waals surface area contributed by atoms with Crippen LogP contribution >= 0.6 is 0 Å². The van der Waals surface area contributed by atoms with E-state index >= 15 is 0 Å². The van der Waals surface area contributed by atoms with Crippen molar-refractivity contribution in [3.05, 3.63) is 46.8 Å². The van der Waals surface area contributed by atoms with Crippen LogP contribution in [0.3, 0.4) is 0 Å². The van der Waals surface area contributed by atoms with Crippen LogP contribution in [0, 0.1) is 23.8 Å². The van der Waals surface area contributed by atoms with Crippen molar-refractivity contribution in [2.45, 2.75) is 33.7 Å². The minimum atomic E-state index is 0.0154. The summed E-state index contributed by atoms with van der Waals surface area (Å²) >= 11 is 0. The maximum atomic E-state index is 8.03. The number of anilines is 1. The number of benzene rings is 1. The highest BCUT2D eigenvalue weighted by Crippen LogP contribution is 2.26. The minimum absolute atomic E-state index is 0.0154. The number of aryl methyl sites for hydroxylation is 1. The second-order valence-corrected chi connectivity index (χ2v) is 7.60. The number of hydrogen-bond donors (Lipinski definition) is 2. The van der Waals surface area contributed by atoms with E-state index in [1.54, 1.807) is 0 Å². The highest BCUT2D eigenvalue weighted by Gasteiger charge is 2.22. The Hall–Kier alpha value is -2.54. The molecule has 2 aromatic rings. The molecule has 1 saturated heterocycles. The van der Waals surface area contributed by atoms with Crippen molar-refractivity contribution < 1.29 is 4.52 Å². The van der Waals surface area contributed by atoms with Crippen LogP contribution in [0.4, 0.5) is 5.69 Å². The van der Waals surface area contributed by atoms with Crippen LogP contribution in [0.5, 0.6) is 0 Å². The van der Waals surface area contributed by atoms with Gasteiger partial charge in [0.25, 0.3) is 0 Å². The molecule has 2 N–H and O–H groups in total. The summed E-state index contributed by atoms with van der Waals surface area (Å²) in [6.07, 6.45) is 1.00. The molecule has 0 aliphatic carbocycles. The number of hydrogen-bond acceptors (Lipinski definition) is 6. The van der Waals surface area contributed by atoms with E-state index in [1.165, 1.54) is 5.56 Å². The van der Waals surface area contributed by atoms with E-state index in [1.807, 2.05) is 19.1 Å². The molecule has 3 rings (SSSR count). The topological polar surface area (TPSA) is 92.6 Å². The SMILES string of the molecule is Cc1cc(CN2CCN(c3cc(CC(C)C)ccc3C(=N)N=N)CC2)no1. The summed E-state index contributed by atoms with van der Waals surface area (Å²) < 4.78 is 5.16. The third-order valence-electron chi connectivity index (χ3n) is 4.85. The molecule has 0 amide bonds. The second-order valence-electron chi connectivity index (χ2n) is 7.60. The maximum absolute atomic E-state index is 8.03.